The van der Waals surface area contributed by atoms with Gasteiger partial charge in [0.15, 0.2) is 0 Å². The number of hydrogen-bond donors (Lipinski definition) is 1. The Bertz CT molecular complexity index is 690. The van der Waals surface area contributed by atoms with Crippen LogP contribution in [0.25, 0.3) is 10.9 Å². The maximum Gasteiger partial charge on any atom is 0.256 e. The van der Waals surface area contributed by atoms with Crippen LogP contribution >= 0.6 is 0 Å². The molecular weight excluding hydrogens is 288 g/mol. The van der Waals surface area contributed by atoms with Crippen molar-refractivity contribution in [2.75, 3.05) is 19.7 Å². The summed E-state index contributed by atoms with van der Waals surface area (Å²) in [5.41, 5.74) is 1.92. The molecule has 0 bridgehead atoms. The van der Waals surface area contributed by atoms with Crippen LogP contribution in [-0.2, 0) is 6.54 Å². The third-order valence-electron chi connectivity index (χ3n) is 4.65. The zero-order valence-electron chi connectivity index (χ0n) is 14.0. The van der Waals surface area contributed by atoms with Gasteiger partial charge in [0.05, 0.1) is 5.56 Å². The summed E-state index contributed by atoms with van der Waals surface area (Å²) in [5, 5.41) is 10.4. The van der Waals surface area contributed by atoms with Crippen molar-refractivity contribution in [2.24, 2.45) is 11.8 Å². The second kappa shape index (κ2) is 6.75. The molecule has 1 aromatic carbocycles. The monoisotopic (exact) mass is 314 g/mol. The molecule has 0 radical (unpaired) electrons. The first-order valence-electron chi connectivity index (χ1n) is 8.58. The molecule has 124 valence electrons. The molecule has 0 aliphatic carbocycles. The van der Waals surface area contributed by atoms with E-state index >= 15 is 0 Å². The number of fused-ring (bicyclic) bond motifs is 1. The van der Waals surface area contributed by atoms with Crippen molar-refractivity contribution in [1.82, 2.24) is 9.47 Å². The second-order valence-corrected chi connectivity index (χ2v) is 7.05. The lowest BCUT2D eigenvalue weighted by Gasteiger charge is -2.31. The Morgan fingerprint density at radius 3 is 2.87 bits per heavy atom. The van der Waals surface area contributed by atoms with E-state index in [4.69, 9.17) is 0 Å². The molecule has 0 spiro atoms. The molecule has 1 saturated heterocycles. The van der Waals surface area contributed by atoms with Crippen LogP contribution in [0, 0.1) is 11.8 Å². The van der Waals surface area contributed by atoms with Crippen molar-refractivity contribution in [3.05, 3.63) is 36.0 Å². The number of aromatic nitrogens is 1. The first-order chi connectivity index (χ1) is 11.1. The number of piperidine rings is 1. The van der Waals surface area contributed by atoms with E-state index < -0.39 is 0 Å². The number of likely N-dealkylation sites (tertiary alicyclic amines) is 1. The molecule has 1 aliphatic rings. The highest BCUT2D eigenvalue weighted by molar-refractivity contribution is 6.07. The van der Waals surface area contributed by atoms with Crippen LogP contribution in [0.4, 0.5) is 0 Å². The fraction of sp³-hybridized carbons (Fsp3) is 0.526. The predicted octanol–water partition coefficient (Wildman–Crippen LogP) is 3.14. The van der Waals surface area contributed by atoms with Gasteiger partial charge in [-0.15, -0.1) is 0 Å². The summed E-state index contributed by atoms with van der Waals surface area (Å²) in [5.74, 6) is 0.848. The highest BCUT2D eigenvalue weighted by Crippen LogP contribution is 2.25. The summed E-state index contributed by atoms with van der Waals surface area (Å²) in [7, 11) is 0. The fourth-order valence-electron chi connectivity index (χ4n) is 3.53. The molecule has 2 aromatic rings. The van der Waals surface area contributed by atoms with Crippen molar-refractivity contribution >= 4 is 16.8 Å². The summed E-state index contributed by atoms with van der Waals surface area (Å²) in [6, 6.07) is 8.13. The summed E-state index contributed by atoms with van der Waals surface area (Å²) in [6.45, 7) is 6.91. The zero-order valence-corrected chi connectivity index (χ0v) is 14.0. The largest absolute Gasteiger partial charge is 0.396 e. The van der Waals surface area contributed by atoms with Gasteiger partial charge in [0.2, 0.25) is 0 Å². The Morgan fingerprint density at radius 1 is 1.35 bits per heavy atom. The van der Waals surface area contributed by atoms with Gasteiger partial charge in [0, 0.05) is 43.3 Å². The van der Waals surface area contributed by atoms with Gasteiger partial charge in [0.1, 0.15) is 0 Å². The molecule has 4 heteroatoms. The molecule has 1 amide bonds. The lowest BCUT2D eigenvalue weighted by molar-refractivity contribution is 0.0622. The first-order valence-corrected chi connectivity index (χ1v) is 8.58. The minimum atomic E-state index is 0.0989. The number of para-hydroxylation sites is 1. The molecule has 3 rings (SSSR count). The molecule has 1 fully saturated rings. The van der Waals surface area contributed by atoms with E-state index in [9.17, 15) is 9.90 Å². The molecule has 0 saturated carbocycles. The van der Waals surface area contributed by atoms with E-state index in [1.165, 1.54) is 0 Å². The van der Waals surface area contributed by atoms with E-state index in [0.717, 1.165) is 42.4 Å². The summed E-state index contributed by atoms with van der Waals surface area (Å²) in [6.07, 6.45) is 3.99. The average Bonchev–Trinajstić information content (AvgIpc) is 2.92. The fourth-order valence-corrected chi connectivity index (χ4v) is 3.53. The van der Waals surface area contributed by atoms with Gasteiger partial charge in [0.25, 0.3) is 5.91 Å². The van der Waals surface area contributed by atoms with Crippen LogP contribution < -0.4 is 0 Å². The lowest BCUT2D eigenvalue weighted by Crippen LogP contribution is -2.40. The van der Waals surface area contributed by atoms with E-state index in [-0.39, 0.29) is 18.4 Å². The summed E-state index contributed by atoms with van der Waals surface area (Å²) in [4.78, 5) is 14.9. The van der Waals surface area contributed by atoms with Crippen molar-refractivity contribution in [3.63, 3.8) is 0 Å². The number of amides is 1. The third kappa shape index (κ3) is 3.27. The third-order valence-corrected chi connectivity index (χ3v) is 4.65. The Morgan fingerprint density at radius 2 is 2.13 bits per heavy atom. The number of rotatable bonds is 4. The number of nitrogens with zero attached hydrogens (tertiary/aromatic N) is 2. The van der Waals surface area contributed by atoms with Gasteiger partial charge < -0.3 is 14.6 Å². The predicted molar refractivity (Wildman–Crippen MR) is 92.5 cm³/mol. The Balaban J connectivity index is 1.94. The second-order valence-electron chi connectivity index (χ2n) is 7.05. The number of benzene rings is 1. The lowest BCUT2D eigenvalue weighted by atomic mass is 9.98. The number of aliphatic hydroxyl groups is 1. The van der Waals surface area contributed by atoms with Gasteiger partial charge in [-0.2, -0.15) is 0 Å². The summed E-state index contributed by atoms with van der Waals surface area (Å²) >= 11 is 0. The molecule has 1 aromatic heterocycles. The molecule has 1 unspecified atom stereocenters. The molecule has 1 N–H and O–H groups in total. The Hall–Kier alpha value is -1.81. The highest BCUT2D eigenvalue weighted by atomic mass is 16.3. The van der Waals surface area contributed by atoms with Gasteiger partial charge >= 0.3 is 0 Å². The van der Waals surface area contributed by atoms with Crippen molar-refractivity contribution < 1.29 is 9.90 Å². The Kier molecular flexibility index (Phi) is 4.71. The number of hydrogen-bond acceptors (Lipinski definition) is 2. The smallest absolute Gasteiger partial charge is 0.256 e. The molecule has 2 heterocycles. The van der Waals surface area contributed by atoms with E-state index in [1.807, 2.05) is 29.3 Å². The van der Waals surface area contributed by atoms with E-state index in [1.54, 1.807) is 0 Å². The molecular formula is C19H26N2O2. The summed E-state index contributed by atoms with van der Waals surface area (Å²) < 4.78 is 2.20. The quantitative estimate of drug-likeness (QED) is 0.942. The molecule has 23 heavy (non-hydrogen) atoms. The van der Waals surface area contributed by atoms with Gasteiger partial charge in [-0.3, -0.25) is 4.79 Å². The van der Waals surface area contributed by atoms with Gasteiger partial charge in [-0.05, 0) is 30.7 Å². The Labute approximate surface area is 137 Å². The maximum atomic E-state index is 13.0. The van der Waals surface area contributed by atoms with E-state index in [0.29, 0.717) is 12.5 Å². The van der Waals surface area contributed by atoms with Crippen LogP contribution in [0.3, 0.4) is 0 Å². The van der Waals surface area contributed by atoms with Crippen LogP contribution in [0.1, 0.15) is 37.0 Å². The minimum absolute atomic E-state index is 0.0989. The van der Waals surface area contributed by atoms with E-state index in [2.05, 4.69) is 24.5 Å². The number of carbonyl (C=O) groups excluding carboxylic acids is 1. The van der Waals surface area contributed by atoms with Gasteiger partial charge in [-0.25, -0.2) is 0 Å². The first kappa shape index (κ1) is 16.1. The molecule has 1 aliphatic heterocycles. The standard InChI is InChI=1S/C19H26N2O2/c1-14(2)10-21-12-17(16-7-3-4-8-18(16)21)19(23)20-9-5-6-15(11-20)13-22/h3-4,7-8,12,14-15,22H,5-6,9-11,13H2,1-2H3. The van der Waals surface area contributed by atoms with Crippen molar-refractivity contribution in [1.29, 1.82) is 0 Å². The number of carbonyl (C=O) groups is 1. The SMILES string of the molecule is CC(C)Cn1cc(C(=O)N2CCCC(CO)C2)c2ccccc21. The van der Waals surface area contributed by atoms with Crippen LogP contribution in [0.2, 0.25) is 0 Å². The van der Waals surface area contributed by atoms with Crippen molar-refractivity contribution in [3.8, 4) is 0 Å². The average molecular weight is 314 g/mol. The van der Waals surface area contributed by atoms with Crippen LogP contribution in [0.5, 0.6) is 0 Å². The van der Waals surface area contributed by atoms with Crippen LogP contribution in [0.15, 0.2) is 30.5 Å². The van der Waals surface area contributed by atoms with Crippen molar-refractivity contribution in [2.45, 2.75) is 33.2 Å². The molecule has 4 nitrogen and oxygen atoms in total. The minimum Gasteiger partial charge on any atom is -0.396 e. The normalized spacial score (nSPS) is 18.8. The highest BCUT2D eigenvalue weighted by Gasteiger charge is 2.26. The van der Waals surface area contributed by atoms with Gasteiger partial charge in [-0.1, -0.05) is 32.0 Å². The maximum absolute atomic E-state index is 13.0. The molecule has 1 atom stereocenters. The van der Waals surface area contributed by atoms with Crippen LogP contribution in [-0.4, -0.2) is 40.2 Å². The zero-order chi connectivity index (χ0) is 16.4. The topological polar surface area (TPSA) is 45.5 Å². The number of aliphatic hydroxyl groups excluding tert-OH is 1.